The maximum Gasteiger partial charge on any atom is 0.257 e. The van der Waals surface area contributed by atoms with Gasteiger partial charge in [0, 0.05) is 17.3 Å². The van der Waals surface area contributed by atoms with Gasteiger partial charge in [0.25, 0.3) is 5.91 Å². The van der Waals surface area contributed by atoms with Crippen molar-refractivity contribution in [3.8, 4) is 0 Å². The van der Waals surface area contributed by atoms with E-state index in [1.807, 2.05) is 26.0 Å². The van der Waals surface area contributed by atoms with Gasteiger partial charge < -0.3 is 10.6 Å². The van der Waals surface area contributed by atoms with Gasteiger partial charge >= 0.3 is 0 Å². The lowest BCUT2D eigenvalue weighted by molar-refractivity contribution is 0.102. The van der Waals surface area contributed by atoms with Crippen LogP contribution in [0, 0.1) is 12.7 Å². The van der Waals surface area contributed by atoms with E-state index in [1.54, 1.807) is 6.07 Å². The summed E-state index contributed by atoms with van der Waals surface area (Å²) in [5.74, 6) is -0.902. The number of rotatable bonds is 4. The van der Waals surface area contributed by atoms with Crippen LogP contribution in [0.3, 0.4) is 0 Å². The minimum absolute atomic E-state index is 0.0662. The average molecular weight is 307 g/mol. The highest BCUT2D eigenvalue weighted by Crippen LogP contribution is 2.23. The minimum Gasteiger partial charge on any atom is -0.385 e. The molecule has 0 aliphatic carbocycles. The Balaban J connectivity index is 2.31. The van der Waals surface area contributed by atoms with Crippen LogP contribution in [0.2, 0.25) is 5.02 Å². The Morgan fingerprint density at radius 1 is 1.19 bits per heavy atom. The normalized spacial score (nSPS) is 10.3. The van der Waals surface area contributed by atoms with Crippen molar-refractivity contribution in [1.82, 2.24) is 0 Å². The molecule has 0 atom stereocenters. The van der Waals surface area contributed by atoms with Crippen LogP contribution in [-0.2, 0) is 0 Å². The maximum atomic E-state index is 13.7. The Morgan fingerprint density at radius 3 is 2.67 bits per heavy atom. The molecule has 0 aliphatic heterocycles. The molecule has 0 spiro atoms. The summed E-state index contributed by atoms with van der Waals surface area (Å²) in [5, 5.41) is 6.03. The Bertz CT molecular complexity index is 673. The highest BCUT2D eigenvalue weighted by molar-refractivity contribution is 6.31. The van der Waals surface area contributed by atoms with Crippen molar-refractivity contribution >= 4 is 28.9 Å². The lowest BCUT2D eigenvalue weighted by Gasteiger charge is -2.12. The molecule has 3 nitrogen and oxygen atoms in total. The second-order valence-electron chi connectivity index (χ2n) is 4.66. The summed E-state index contributed by atoms with van der Waals surface area (Å²) in [4.78, 5) is 12.4. The zero-order chi connectivity index (χ0) is 15.4. The fourth-order valence-electron chi connectivity index (χ4n) is 1.97. The van der Waals surface area contributed by atoms with Crippen LogP contribution in [0.15, 0.2) is 36.4 Å². The topological polar surface area (TPSA) is 41.1 Å². The molecule has 5 heteroatoms. The van der Waals surface area contributed by atoms with Crippen molar-refractivity contribution in [2.24, 2.45) is 0 Å². The molecule has 0 saturated heterocycles. The molecule has 0 bridgehead atoms. The van der Waals surface area contributed by atoms with Crippen LogP contribution in [0.1, 0.15) is 22.8 Å². The van der Waals surface area contributed by atoms with Gasteiger partial charge in [0.2, 0.25) is 0 Å². The highest BCUT2D eigenvalue weighted by atomic mass is 35.5. The standard InChI is InChI=1S/C16H16ClFN2O/c1-3-19-14-7-4-10(2)8-12(14)16(21)20-15-9-11(17)5-6-13(15)18/h4-9,19H,3H2,1-2H3,(H,20,21). The van der Waals surface area contributed by atoms with Crippen LogP contribution in [0.4, 0.5) is 15.8 Å². The van der Waals surface area contributed by atoms with E-state index in [4.69, 9.17) is 11.6 Å². The van der Waals surface area contributed by atoms with E-state index in [1.165, 1.54) is 18.2 Å². The van der Waals surface area contributed by atoms with Crippen molar-refractivity contribution in [2.45, 2.75) is 13.8 Å². The van der Waals surface area contributed by atoms with Crippen LogP contribution >= 0.6 is 11.6 Å². The minimum atomic E-state index is -0.523. The number of anilines is 2. The first-order valence-corrected chi connectivity index (χ1v) is 7.00. The number of benzene rings is 2. The zero-order valence-electron chi connectivity index (χ0n) is 11.8. The fraction of sp³-hybridized carbons (Fsp3) is 0.188. The number of hydrogen-bond donors (Lipinski definition) is 2. The van der Waals surface area contributed by atoms with Gasteiger partial charge in [0.05, 0.1) is 11.3 Å². The molecule has 0 aromatic heterocycles. The van der Waals surface area contributed by atoms with Crippen molar-refractivity contribution in [3.63, 3.8) is 0 Å². The molecular weight excluding hydrogens is 291 g/mol. The van der Waals surface area contributed by atoms with E-state index < -0.39 is 5.82 Å². The molecule has 2 N–H and O–H groups in total. The number of nitrogens with one attached hydrogen (secondary N) is 2. The Morgan fingerprint density at radius 2 is 1.95 bits per heavy atom. The fourth-order valence-corrected chi connectivity index (χ4v) is 2.15. The van der Waals surface area contributed by atoms with Crippen LogP contribution < -0.4 is 10.6 Å². The first kappa shape index (κ1) is 15.3. The maximum absolute atomic E-state index is 13.7. The first-order chi connectivity index (χ1) is 10.0. The van der Waals surface area contributed by atoms with Gasteiger partial charge in [-0.05, 0) is 44.2 Å². The van der Waals surface area contributed by atoms with Crippen LogP contribution in [0.25, 0.3) is 0 Å². The van der Waals surface area contributed by atoms with E-state index in [2.05, 4.69) is 10.6 Å². The third kappa shape index (κ3) is 3.73. The summed E-state index contributed by atoms with van der Waals surface area (Å²) in [6, 6.07) is 9.55. The highest BCUT2D eigenvalue weighted by Gasteiger charge is 2.14. The third-order valence-corrected chi connectivity index (χ3v) is 3.20. The summed E-state index contributed by atoms with van der Waals surface area (Å²) >= 11 is 5.82. The predicted octanol–water partition coefficient (Wildman–Crippen LogP) is 4.47. The molecule has 0 aliphatic rings. The van der Waals surface area contributed by atoms with E-state index in [0.29, 0.717) is 22.8 Å². The van der Waals surface area contributed by atoms with Gasteiger partial charge in [-0.15, -0.1) is 0 Å². The first-order valence-electron chi connectivity index (χ1n) is 6.62. The number of carbonyl (C=O) groups is 1. The molecule has 0 saturated carbocycles. The smallest absolute Gasteiger partial charge is 0.257 e. The number of aryl methyl sites for hydroxylation is 1. The molecule has 21 heavy (non-hydrogen) atoms. The van der Waals surface area contributed by atoms with E-state index in [9.17, 15) is 9.18 Å². The van der Waals surface area contributed by atoms with E-state index in [-0.39, 0.29) is 11.6 Å². The van der Waals surface area contributed by atoms with Gasteiger partial charge in [-0.1, -0.05) is 23.2 Å². The molecule has 2 aromatic carbocycles. The second-order valence-corrected chi connectivity index (χ2v) is 5.09. The summed E-state index contributed by atoms with van der Waals surface area (Å²) in [6.45, 7) is 4.53. The Hall–Kier alpha value is -2.07. The van der Waals surface area contributed by atoms with Crippen molar-refractivity contribution in [3.05, 3.63) is 58.4 Å². The number of amides is 1. The van der Waals surface area contributed by atoms with Gasteiger partial charge in [0.1, 0.15) is 5.82 Å². The summed E-state index contributed by atoms with van der Waals surface area (Å²) < 4.78 is 13.7. The lowest BCUT2D eigenvalue weighted by Crippen LogP contribution is -2.16. The molecule has 0 unspecified atom stereocenters. The van der Waals surface area contributed by atoms with Gasteiger partial charge in [0.15, 0.2) is 0 Å². The average Bonchev–Trinajstić information content (AvgIpc) is 2.45. The zero-order valence-corrected chi connectivity index (χ0v) is 12.6. The third-order valence-electron chi connectivity index (χ3n) is 2.96. The van der Waals surface area contributed by atoms with Gasteiger partial charge in [-0.25, -0.2) is 4.39 Å². The van der Waals surface area contributed by atoms with Crippen molar-refractivity contribution in [2.75, 3.05) is 17.2 Å². The summed E-state index contributed by atoms with van der Waals surface area (Å²) in [5.41, 5.74) is 2.20. The summed E-state index contributed by atoms with van der Waals surface area (Å²) in [6.07, 6.45) is 0. The molecule has 0 radical (unpaired) electrons. The predicted molar refractivity (Wildman–Crippen MR) is 84.7 cm³/mol. The Kier molecular flexibility index (Phi) is 4.81. The lowest BCUT2D eigenvalue weighted by atomic mass is 10.1. The molecule has 2 aromatic rings. The molecule has 0 fully saturated rings. The number of halogens is 2. The second kappa shape index (κ2) is 6.59. The van der Waals surface area contributed by atoms with Crippen LogP contribution in [-0.4, -0.2) is 12.5 Å². The SMILES string of the molecule is CCNc1ccc(C)cc1C(=O)Nc1cc(Cl)ccc1F. The van der Waals surface area contributed by atoms with Crippen molar-refractivity contribution in [1.29, 1.82) is 0 Å². The molecule has 2 rings (SSSR count). The molecule has 1 amide bonds. The van der Waals surface area contributed by atoms with Crippen molar-refractivity contribution < 1.29 is 9.18 Å². The largest absolute Gasteiger partial charge is 0.385 e. The van der Waals surface area contributed by atoms with Crippen LogP contribution in [0.5, 0.6) is 0 Å². The quantitative estimate of drug-likeness (QED) is 0.875. The molecule has 0 heterocycles. The van der Waals surface area contributed by atoms with E-state index in [0.717, 1.165) is 5.56 Å². The molecule has 110 valence electrons. The monoisotopic (exact) mass is 306 g/mol. The molecular formula is C16H16ClFN2O. The summed E-state index contributed by atoms with van der Waals surface area (Å²) in [7, 11) is 0. The number of carbonyl (C=O) groups excluding carboxylic acids is 1. The number of hydrogen-bond acceptors (Lipinski definition) is 2. The van der Waals surface area contributed by atoms with Gasteiger partial charge in [-0.3, -0.25) is 4.79 Å². The van der Waals surface area contributed by atoms with Gasteiger partial charge in [-0.2, -0.15) is 0 Å². The van der Waals surface area contributed by atoms with E-state index >= 15 is 0 Å². The Labute approximate surface area is 128 Å².